The SMILES string of the molecule is CCN(C)C(=O)c1ccnc(CN(C)C(=O)c2cc3c(cn2)-c2cccc(Nc4cc(NC(=O)C5CC5)nnc4C(=O)NC)c2N(C)C3C)c1. The molecule has 2 aliphatic rings. The number of pyridine rings is 2. The van der Waals surface area contributed by atoms with Gasteiger partial charge in [-0.1, -0.05) is 12.1 Å². The Kier molecular flexibility index (Phi) is 9.44. The highest BCUT2D eigenvalue weighted by atomic mass is 16.2. The van der Waals surface area contributed by atoms with Crippen LogP contribution in [0.2, 0.25) is 0 Å². The standard InChI is InChI=1S/C36H40N10O4/c1-7-44(4)35(49)22-13-14-38-23(15-22)19-45(5)36(50)29-16-25-20(2)46(6)32-24(26(25)18-39-29)9-8-10-27(32)40-28-17-30(41-33(47)21-11-12-21)42-43-31(28)34(48)37-3/h8-10,13-18,20-21H,7,11-12,19H2,1-6H3,(H,37,48)(H2,40,41,42,47). The Morgan fingerprint density at radius 2 is 1.72 bits per heavy atom. The van der Waals surface area contributed by atoms with Gasteiger partial charge in [0.15, 0.2) is 11.5 Å². The van der Waals surface area contributed by atoms with E-state index in [4.69, 9.17) is 0 Å². The molecule has 0 saturated heterocycles. The van der Waals surface area contributed by atoms with Gasteiger partial charge in [-0.25, -0.2) is 0 Å². The van der Waals surface area contributed by atoms with E-state index in [1.165, 1.54) is 11.9 Å². The van der Waals surface area contributed by atoms with Gasteiger partial charge in [-0.2, -0.15) is 0 Å². The van der Waals surface area contributed by atoms with E-state index >= 15 is 0 Å². The maximum atomic E-state index is 13.6. The molecule has 0 bridgehead atoms. The number of para-hydroxylation sites is 1. The van der Waals surface area contributed by atoms with Crippen LogP contribution < -0.4 is 20.9 Å². The highest BCUT2D eigenvalue weighted by Gasteiger charge is 2.32. The fourth-order valence-corrected chi connectivity index (χ4v) is 5.93. The molecule has 1 aliphatic heterocycles. The summed E-state index contributed by atoms with van der Waals surface area (Å²) in [5, 5.41) is 17.0. The molecule has 4 heterocycles. The van der Waals surface area contributed by atoms with E-state index in [9.17, 15) is 19.2 Å². The van der Waals surface area contributed by atoms with E-state index in [0.717, 1.165) is 35.2 Å². The topological polar surface area (TPSA) is 166 Å². The minimum atomic E-state index is -0.427. The summed E-state index contributed by atoms with van der Waals surface area (Å²) in [5.41, 5.74) is 6.13. The van der Waals surface area contributed by atoms with Crippen molar-refractivity contribution in [3.05, 3.63) is 83.1 Å². The lowest BCUT2D eigenvalue weighted by Crippen LogP contribution is -2.30. The van der Waals surface area contributed by atoms with E-state index < -0.39 is 5.91 Å². The van der Waals surface area contributed by atoms with Crippen molar-refractivity contribution in [2.75, 3.05) is 50.3 Å². The zero-order valence-electron chi connectivity index (χ0n) is 28.9. The number of amides is 4. The number of carbonyl (C=O) groups is 4. The molecule has 1 unspecified atom stereocenters. The van der Waals surface area contributed by atoms with Crippen LogP contribution in [-0.2, 0) is 11.3 Å². The molecule has 258 valence electrons. The van der Waals surface area contributed by atoms with Crippen molar-refractivity contribution in [3.63, 3.8) is 0 Å². The molecule has 1 saturated carbocycles. The summed E-state index contributed by atoms with van der Waals surface area (Å²) in [4.78, 5) is 65.7. The van der Waals surface area contributed by atoms with Gasteiger partial charge < -0.3 is 30.7 Å². The smallest absolute Gasteiger partial charge is 0.273 e. The third kappa shape index (κ3) is 6.68. The summed E-state index contributed by atoms with van der Waals surface area (Å²) in [5.74, 6) is -0.693. The zero-order chi connectivity index (χ0) is 35.7. The average molecular weight is 677 g/mol. The van der Waals surface area contributed by atoms with Crippen molar-refractivity contribution in [3.8, 4) is 11.1 Å². The van der Waals surface area contributed by atoms with Crippen LogP contribution in [0, 0.1) is 5.92 Å². The molecule has 14 heteroatoms. The summed E-state index contributed by atoms with van der Waals surface area (Å²) >= 11 is 0. The van der Waals surface area contributed by atoms with Gasteiger partial charge >= 0.3 is 0 Å². The van der Waals surface area contributed by atoms with Gasteiger partial charge in [-0.05, 0) is 56.5 Å². The van der Waals surface area contributed by atoms with E-state index in [-0.39, 0.29) is 47.7 Å². The summed E-state index contributed by atoms with van der Waals surface area (Å²) in [6, 6.07) is 12.5. The molecule has 1 aromatic carbocycles. The van der Waals surface area contributed by atoms with Crippen LogP contribution in [0.25, 0.3) is 11.1 Å². The average Bonchev–Trinajstić information content (AvgIpc) is 3.99. The van der Waals surface area contributed by atoms with Crippen LogP contribution in [0.5, 0.6) is 0 Å². The van der Waals surface area contributed by atoms with E-state index in [0.29, 0.717) is 34.9 Å². The van der Waals surface area contributed by atoms with Crippen molar-refractivity contribution in [1.29, 1.82) is 0 Å². The van der Waals surface area contributed by atoms with Gasteiger partial charge in [-0.3, -0.25) is 29.1 Å². The second-order valence-corrected chi connectivity index (χ2v) is 12.6. The molecule has 1 fully saturated rings. The Morgan fingerprint density at radius 3 is 2.44 bits per heavy atom. The summed E-state index contributed by atoms with van der Waals surface area (Å²) in [6.07, 6.45) is 4.99. The number of nitrogens with zero attached hydrogens (tertiary/aromatic N) is 7. The van der Waals surface area contributed by atoms with Crippen molar-refractivity contribution < 1.29 is 19.2 Å². The van der Waals surface area contributed by atoms with Crippen molar-refractivity contribution in [2.24, 2.45) is 5.92 Å². The lowest BCUT2D eigenvalue weighted by atomic mass is 9.89. The highest BCUT2D eigenvalue weighted by molar-refractivity contribution is 6.02. The van der Waals surface area contributed by atoms with Gasteiger partial charge in [0.1, 0.15) is 5.69 Å². The Bertz CT molecular complexity index is 2000. The molecule has 14 nitrogen and oxygen atoms in total. The van der Waals surface area contributed by atoms with Crippen LogP contribution in [-0.4, -0.2) is 88.3 Å². The zero-order valence-corrected chi connectivity index (χ0v) is 28.9. The van der Waals surface area contributed by atoms with Crippen LogP contribution in [0.3, 0.4) is 0 Å². The summed E-state index contributed by atoms with van der Waals surface area (Å²) < 4.78 is 0. The van der Waals surface area contributed by atoms with Crippen LogP contribution in [0.15, 0.2) is 54.9 Å². The van der Waals surface area contributed by atoms with Gasteiger partial charge in [0.25, 0.3) is 17.7 Å². The first-order valence-corrected chi connectivity index (χ1v) is 16.5. The normalized spacial score (nSPS) is 14.6. The lowest BCUT2D eigenvalue weighted by molar-refractivity contribution is -0.117. The minimum Gasteiger partial charge on any atom is -0.366 e. The summed E-state index contributed by atoms with van der Waals surface area (Å²) in [7, 11) is 6.91. The van der Waals surface area contributed by atoms with Crippen LogP contribution >= 0.6 is 0 Å². The third-order valence-corrected chi connectivity index (χ3v) is 9.20. The number of benzene rings is 1. The Hall–Kier alpha value is -5.92. The highest BCUT2D eigenvalue weighted by Crippen LogP contribution is 2.48. The number of hydrogen-bond acceptors (Lipinski definition) is 10. The fourth-order valence-electron chi connectivity index (χ4n) is 5.93. The second-order valence-electron chi connectivity index (χ2n) is 12.6. The fraction of sp³-hybridized carbons (Fsp3) is 0.333. The second kappa shape index (κ2) is 13.9. The van der Waals surface area contributed by atoms with Gasteiger partial charge in [0.2, 0.25) is 5.91 Å². The molecule has 4 amide bonds. The predicted octanol–water partition coefficient (Wildman–Crippen LogP) is 4.26. The molecule has 4 aromatic rings. The number of anilines is 4. The quantitative estimate of drug-likeness (QED) is 0.221. The van der Waals surface area contributed by atoms with Crippen molar-refractivity contribution in [2.45, 2.75) is 39.3 Å². The molecule has 3 aromatic heterocycles. The number of rotatable bonds is 10. The van der Waals surface area contributed by atoms with E-state index in [1.807, 2.05) is 45.2 Å². The van der Waals surface area contributed by atoms with Crippen molar-refractivity contribution in [1.82, 2.24) is 35.3 Å². The maximum Gasteiger partial charge on any atom is 0.273 e. The summed E-state index contributed by atoms with van der Waals surface area (Å²) in [6.45, 7) is 4.74. The number of fused-ring (bicyclic) bond motifs is 3. The van der Waals surface area contributed by atoms with Gasteiger partial charge in [0, 0.05) is 75.8 Å². The first-order valence-electron chi connectivity index (χ1n) is 16.5. The molecular weight excluding hydrogens is 636 g/mol. The Morgan fingerprint density at radius 1 is 0.940 bits per heavy atom. The Labute approximate surface area is 290 Å². The molecule has 50 heavy (non-hydrogen) atoms. The third-order valence-electron chi connectivity index (χ3n) is 9.20. The molecule has 1 atom stereocenters. The molecule has 6 rings (SSSR count). The molecular formula is C36H40N10O4. The largest absolute Gasteiger partial charge is 0.366 e. The van der Waals surface area contributed by atoms with E-state index in [1.54, 1.807) is 49.6 Å². The number of hydrogen-bond donors (Lipinski definition) is 3. The van der Waals surface area contributed by atoms with Crippen molar-refractivity contribution >= 4 is 46.5 Å². The number of aromatic nitrogens is 4. The number of nitrogens with one attached hydrogen (secondary N) is 3. The van der Waals surface area contributed by atoms with E-state index in [2.05, 4.69) is 41.0 Å². The molecule has 3 N–H and O–H groups in total. The van der Waals surface area contributed by atoms with Crippen LogP contribution in [0.1, 0.15) is 75.3 Å². The lowest BCUT2D eigenvalue weighted by Gasteiger charge is -2.37. The Balaban J connectivity index is 1.27. The monoisotopic (exact) mass is 676 g/mol. The van der Waals surface area contributed by atoms with Gasteiger partial charge in [0.05, 0.1) is 35.3 Å². The first-order chi connectivity index (χ1) is 24.0. The molecule has 0 radical (unpaired) electrons. The number of carbonyl (C=O) groups excluding carboxylic acids is 4. The minimum absolute atomic E-state index is 0.0214. The maximum absolute atomic E-state index is 13.6. The predicted molar refractivity (Wildman–Crippen MR) is 189 cm³/mol. The van der Waals surface area contributed by atoms with Crippen LogP contribution in [0.4, 0.5) is 22.9 Å². The first kappa shape index (κ1) is 34.0. The van der Waals surface area contributed by atoms with Gasteiger partial charge in [-0.15, -0.1) is 10.2 Å². The molecule has 1 aliphatic carbocycles. The molecule has 0 spiro atoms.